The first kappa shape index (κ1) is 25.2. The van der Waals surface area contributed by atoms with Crippen LogP contribution in [0, 0.1) is 11.8 Å². The summed E-state index contributed by atoms with van der Waals surface area (Å²) in [5.74, 6) is -0.729. The monoisotopic (exact) mass is 499 g/mol. The highest BCUT2D eigenvalue weighted by atomic mass is 19.3. The van der Waals surface area contributed by atoms with Gasteiger partial charge in [0.25, 0.3) is 5.91 Å². The van der Waals surface area contributed by atoms with Gasteiger partial charge in [-0.05, 0) is 43.0 Å². The van der Waals surface area contributed by atoms with Crippen molar-refractivity contribution in [2.45, 2.75) is 39.3 Å². The highest BCUT2D eigenvalue weighted by Gasteiger charge is 2.33. The van der Waals surface area contributed by atoms with Crippen molar-refractivity contribution in [1.29, 1.82) is 0 Å². The number of nitrogens with zero attached hydrogens (tertiary/aromatic N) is 4. The average Bonchev–Trinajstić information content (AvgIpc) is 3.37. The molecule has 36 heavy (non-hydrogen) atoms. The third kappa shape index (κ3) is 5.84. The first-order chi connectivity index (χ1) is 17.3. The molecule has 2 atom stereocenters. The maximum Gasteiger partial charge on any atom is 0.387 e. The van der Waals surface area contributed by atoms with E-state index in [4.69, 9.17) is 4.52 Å². The van der Waals surface area contributed by atoms with Crippen LogP contribution in [0.15, 0.2) is 53.3 Å². The van der Waals surface area contributed by atoms with E-state index < -0.39 is 24.5 Å². The molecular weight excluding hydrogens is 472 g/mol. The number of alkyl halides is 2. The van der Waals surface area contributed by atoms with Crippen molar-refractivity contribution in [2.75, 3.05) is 13.1 Å². The first-order valence-corrected chi connectivity index (χ1v) is 11.7. The van der Waals surface area contributed by atoms with E-state index in [1.807, 2.05) is 13.8 Å². The molecule has 0 aliphatic carbocycles. The number of nitrogens with one attached hydrogen (secondary N) is 1. The predicted molar refractivity (Wildman–Crippen MR) is 125 cm³/mol. The number of pyridine rings is 1. The molecule has 3 heterocycles. The summed E-state index contributed by atoms with van der Waals surface area (Å²) in [4.78, 5) is 36.2. The van der Waals surface area contributed by atoms with Crippen molar-refractivity contribution in [1.82, 2.24) is 25.3 Å². The largest absolute Gasteiger partial charge is 0.434 e. The number of aromatic nitrogens is 3. The zero-order valence-electron chi connectivity index (χ0n) is 19.9. The lowest BCUT2D eigenvalue weighted by Crippen LogP contribution is -2.46. The van der Waals surface area contributed by atoms with Gasteiger partial charge in [0.05, 0.1) is 11.5 Å². The molecule has 2 aromatic heterocycles. The van der Waals surface area contributed by atoms with Crippen LogP contribution >= 0.6 is 0 Å². The molecule has 1 aliphatic rings. The number of amides is 2. The number of benzene rings is 1. The van der Waals surface area contributed by atoms with Gasteiger partial charge in [0, 0.05) is 31.0 Å². The Labute approximate surface area is 206 Å². The standard InChI is InChI=1S/C25H27F2N5O4/c1-15(2)20(23-30-21(31-36-23)16-9-11-28-12-10-16)29-22(33)17-6-5-13-32(14-17)24(34)18-7-3-4-8-19(18)35-25(26)27/h3-4,7-12,15,17,20,25H,5-6,13-14H2,1-2H3,(H,29,33). The van der Waals surface area contributed by atoms with Crippen LogP contribution in [0.4, 0.5) is 8.78 Å². The molecule has 11 heteroatoms. The van der Waals surface area contributed by atoms with E-state index >= 15 is 0 Å². The smallest absolute Gasteiger partial charge is 0.387 e. The molecule has 1 aromatic carbocycles. The van der Waals surface area contributed by atoms with Crippen molar-refractivity contribution in [3.8, 4) is 17.1 Å². The summed E-state index contributed by atoms with van der Waals surface area (Å²) in [6, 6.07) is 8.86. The molecule has 2 amide bonds. The number of carbonyl (C=O) groups is 2. The summed E-state index contributed by atoms with van der Waals surface area (Å²) in [5, 5.41) is 7.02. The van der Waals surface area contributed by atoms with Gasteiger partial charge >= 0.3 is 6.61 Å². The second-order valence-electron chi connectivity index (χ2n) is 8.89. The molecule has 0 spiro atoms. The number of rotatable bonds is 8. The van der Waals surface area contributed by atoms with Gasteiger partial charge in [-0.2, -0.15) is 13.8 Å². The molecule has 1 saturated heterocycles. The fourth-order valence-electron chi connectivity index (χ4n) is 4.15. The van der Waals surface area contributed by atoms with Gasteiger partial charge in [-0.15, -0.1) is 0 Å². The van der Waals surface area contributed by atoms with Gasteiger partial charge in [0.1, 0.15) is 11.8 Å². The molecule has 1 fully saturated rings. The van der Waals surface area contributed by atoms with Crippen molar-refractivity contribution in [2.24, 2.45) is 11.8 Å². The van der Waals surface area contributed by atoms with Crippen LogP contribution in [0.5, 0.6) is 5.75 Å². The fourth-order valence-corrected chi connectivity index (χ4v) is 4.15. The highest BCUT2D eigenvalue weighted by Crippen LogP contribution is 2.27. The highest BCUT2D eigenvalue weighted by molar-refractivity contribution is 5.97. The van der Waals surface area contributed by atoms with Crippen LogP contribution in [0.1, 0.15) is 49.0 Å². The SMILES string of the molecule is CC(C)C(NC(=O)C1CCCN(C(=O)c2ccccc2OC(F)F)C1)c1nc(-c2ccncc2)no1. The number of hydrogen-bond donors (Lipinski definition) is 1. The summed E-state index contributed by atoms with van der Waals surface area (Å²) < 4.78 is 35.5. The summed E-state index contributed by atoms with van der Waals surface area (Å²) in [6.07, 6.45) is 4.44. The van der Waals surface area contributed by atoms with E-state index in [-0.39, 0.29) is 35.6 Å². The van der Waals surface area contributed by atoms with Crippen molar-refractivity contribution in [3.63, 3.8) is 0 Å². The van der Waals surface area contributed by atoms with Gasteiger partial charge < -0.3 is 19.5 Å². The zero-order chi connectivity index (χ0) is 25.7. The van der Waals surface area contributed by atoms with E-state index in [1.54, 1.807) is 30.6 Å². The minimum atomic E-state index is -3.05. The number of carbonyl (C=O) groups excluding carboxylic acids is 2. The minimum absolute atomic E-state index is 0.0356. The predicted octanol–water partition coefficient (Wildman–Crippen LogP) is 4.10. The maximum absolute atomic E-state index is 13.2. The van der Waals surface area contributed by atoms with E-state index in [2.05, 4.69) is 25.2 Å². The topological polar surface area (TPSA) is 110 Å². The number of halogens is 2. The molecule has 0 bridgehead atoms. The first-order valence-electron chi connectivity index (χ1n) is 11.7. The van der Waals surface area contributed by atoms with Crippen LogP contribution < -0.4 is 10.1 Å². The Kier molecular flexibility index (Phi) is 7.87. The van der Waals surface area contributed by atoms with Gasteiger partial charge in [-0.3, -0.25) is 14.6 Å². The quantitative estimate of drug-likeness (QED) is 0.497. The van der Waals surface area contributed by atoms with Crippen LogP contribution in [-0.4, -0.2) is 51.5 Å². The summed E-state index contributed by atoms with van der Waals surface area (Å²) >= 11 is 0. The Bertz CT molecular complexity index is 1190. The van der Waals surface area contributed by atoms with E-state index in [1.165, 1.54) is 23.1 Å². The Morgan fingerprint density at radius 2 is 1.92 bits per heavy atom. The van der Waals surface area contributed by atoms with E-state index in [0.29, 0.717) is 25.2 Å². The Morgan fingerprint density at radius 3 is 2.64 bits per heavy atom. The lowest BCUT2D eigenvalue weighted by Gasteiger charge is -2.33. The Hall–Kier alpha value is -3.89. The van der Waals surface area contributed by atoms with Gasteiger partial charge in [0.2, 0.25) is 17.6 Å². The molecule has 0 saturated carbocycles. The molecule has 4 rings (SSSR count). The fraction of sp³-hybridized carbons (Fsp3) is 0.400. The molecule has 1 aliphatic heterocycles. The van der Waals surface area contributed by atoms with E-state index in [9.17, 15) is 18.4 Å². The molecule has 2 unspecified atom stereocenters. The van der Waals surface area contributed by atoms with Gasteiger partial charge in [0.15, 0.2) is 0 Å². The van der Waals surface area contributed by atoms with Gasteiger partial charge in [-0.1, -0.05) is 31.1 Å². The second-order valence-corrected chi connectivity index (χ2v) is 8.89. The zero-order valence-corrected chi connectivity index (χ0v) is 19.9. The summed E-state index contributed by atoms with van der Waals surface area (Å²) in [7, 11) is 0. The second kappa shape index (κ2) is 11.2. The molecule has 190 valence electrons. The van der Waals surface area contributed by atoms with Crippen molar-refractivity contribution < 1.29 is 27.6 Å². The summed E-state index contributed by atoms with van der Waals surface area (Å²) in [6.45, 7) is 1.38. The van der Waals surface area contributed by atoms with Crippen LogP contribution in [-0.2, 0) is 4.79 Å². The van der Waals surface area contributed by atoms with Crippen molar-refractivity contribution >= 4 is 11.8 Å². The molecule has 9 nitrogen and oxygen atoms in total. The lowest BCUT2D eigenvalue weighted by molar-refractivity contribution is -0.127. The Balaban J connectivity index is 1.45. The van der Waals surface area contributed by atoms with Crippen molar-refractivity contribution in [3.05, 3.63) is 60.2 Å². The lowest BCUT2D eigenvalue weighted by atomic mass is 9.95. The van der Waals surface area contributed by atoms with Crippen LogP contribution in [0.25, 0.3) is 11.4 Å². The number of para-hydroxylation sites is 1. The normalized spacial score (nSPS) is 16.7. The van der Waals surface area contributed by atoms with Crippen LogP contribution in [0.2, 0.25) is 0 Å². The molecule has 0 radical (unpaired) electrons. The van der Waals surface area contributed by atoms with Gasteiger partial charge in [-0.25, -0.2) is 0 Å². The number of hydrogen-bond acceptors (Lipinski definition) is 7. The van der Waals surface area contributed by atoms with Crippen LogP contribution in [0.3, 0.4) is 0 Å². The number of likely N-dealkylation sites (tertiary alicyclic amines) is 1. The summed E-state index contributed by atoms with van der Waals surface area (Å²) in [5.41, 5.74) is 0.778. The molecule has 3 aromatic rings. The average molecular weight is 500 g/mol. The maximum atomic E-state index is 13.2. The number of ether oxygens (including phenoxy) is 1. The number of piperidine rings is 1. The molecule has 1 N–H and O–H groups in total. The Morgan fingerprint density at radius 1 is 1.17 bits per heavy atom. The minimum Gasteiger partial charge on any atom is -0.434 e. The third-order valence-electron chi connectivity index (χ3n) is 6.02. The molecular formula is C25H27F2N5O4. The van der Waals surface area contributed by atoms with E-state index in [0.717, 1.165) is 5.56 Å². The third-order valence-corrected chi connectivity index (χ3v) is 6.02.